The number of halogens is 1. The van der Waals surface area contributed by atoms with Gasteiger partial charge in [-0.2, -0.15) is 0 Å². The van der Waals surface area contributed by atoms with Crippen LogP contribution < -0.4 is 0 Å². The van der Waals surface area contributed by atoms with Crippen molar-refractivity contribution in [3.05, 3.63) is 0 Å². The molecule has 0 aliphatic rings. The Bertz CT molecular complexity index is 101. The topological polar surface area (TPSA) is 46.5 Å². The first-order valence-electron chi connectivity index (χ1n) is 3.10. The van der Waals surface area contributed by atoms with Crippen LogP contribution in [0.25, 0.3) is 0 Å². The number of carbonyl (C=O) groups excluding carboxylic acids is 1. The maximum absolute atomic E-state index is 10.4. The zero-order chi connectivity index (χ0) is 7.98. The number of esters is 1. The molecule has 0 radical (unpaired) electrons. The van der Waals surface area contributed by atoms with Crippen LogP contribution in [0.1, 0.15) is 13.3 Å². The lowest BCUT2D eigenvalue weighted by Gasteiger charge is -2.10. The van der Waals surface area contributed by atoms with E-state index in [-0.39, 0.29) is 12.0 Å². The van der Waals surface area contributed by atoms with E-state index in [9.17, 15) is 4.79 Å². The standard InChI is InChI=1S/C6H11ClO3/c1-2-5(3-7)10-6(9)4-8/h5,8H,2-4H2,1H3/t5-/m0/s1. The highest BCUT2D eigenvalue weighted by Gasteiger charge is 2.08. The number of carbonyl (C=O) groups is 1. The molecule has 4 heteroatoms. The molecule has 60 valence electrons. The van der Waals surface area contributed by atoms with Gasteiger partial charge in [-0.25, -0.2) is 4.79 Å². The van der Waals surface area contributed by atoms with Crippen LogP contribution in [0.2, 0.25) is 0 Å². The summed E-state index contributed by atoms with van der Waals surface area (Å²) in [6, 6.07) is 0. The number of hydrogen-bond acceptors (Lipinski definition) is 3. The maximum atomic E-state index is 10.4. The molecule has 1 atom stereocenters. The Balaban J connectivity index is 3.52. The van der Waals surface area contributed by atoms with E-state index < -0.39 is 12.6 Å². The maximum Gasteiger partial charge on any atom is 0.332 e. The highest BCUT2D eigenvalue weighted by molar-refractivity contribution is 6.18. The first-order chi connectivity index (χ1) is 4.74. The summed E-state index contributed by atoms with van der Waals surface area (Å²) in [4.78, 5) is 10.4. The van der Waals surface area contributed by atoms with Gasteiger partial charge in [0.05, 0.1) is 5.88 Å². The third-order valence-corrected chi connectivity index (χ3v) is 1.40. The molecule has 0 saturated carbocycles. The second-order valence-corrected chi connectivity index (χ2v) is 2.14. The molecule has 0 amide bonds. The average molecular weight is 167 g/mol. The van der Waals surface area contributed by atoms with E-state index in [0.29, 0.717) is 6.42 Å². The van der Waals surface area contributed by atoms with Crippen molar-refractivity contribution in [2.45, 2.75) is 19.4 Å². The minimum absolute atomic E-state index is 0.263. The minimum Gasteiger partial charge on any atom is -0.459 e. The molecule has 3 nitrogen and oxygen atoms in total. The van der Waals surface area contributed by atoms with Gasteiger partial charge in [-0.1, -0.05) is 6.92 Å². The van der Waals surface area contributed by atoms with Crippen molar-refractivity contribution in [2.24, 2.45) is 0 Å². The van der Waals surface area contributed by atoms with Crippen LogP contribution in [0.3, 0.4) is 0 Å². The van der Waals surface area contributed by atoms with Crippen LogP contribution in [-0.2, 0) is 9.53 Å². The van der Waals surface area contributed by atoms with E-state index in [0.717, 1.165) is 0 Å². The Labute approximate surface area is 64.9 Å². The summed E-state index contributed by atoms with van der Waals surface area (Å²) < 4.78 is 4.68. The molecule has 0 spiro atoms. The summed E-state index contributed by atoms with van der Waals surface area (Å²) in [6.45, 7) is 1.28. The third kappa shape index (κ3) is 3.69. The molecule has 0 bridgehead atoms. The van der Waals surface area contributed by atoms with Crippen LogP contribution in [0.15, 0.2) is 0 Å². The average Bonchev–Trinajstić information content (AvgIpc) is 1.99. The Morgan fingerprint density at radius 2 is 2.40 bits per heavy atom. The summed E-state index contributed by atoms with van der Waals surface area (Å²) in [6.07, 6.45) is 0.413. The summed E-state index contributed by atoms with van der Waals surface area (Å²) in [5.74, 6) is -0.338. The summed E-state index contributed by atoms with van der Waals surface area (Å²) in [7, 11) is 0. The molecule has 0 saturated heterocycles. The Morgan fingerprint density at radius 3 is 2.70 bits per heavy atom. The molecule has 10 heavy (non-hydrogen) atoms. The molecular weight excluding hydrogens is 156 g/mol. The van der Waals surface area contributed by atoms with Crippen molar-refractivity contribution in [3.63, 3.8) is 0 Å². The van der Waals surface area contributed by atoms with E-state index in [1.807, 2.05) is 6.92 Å². The number of aliphatic hydroxyl groups is 1. The van der Waals surface area contributed by atoms with Gasteiger partial charge in [-0.05, 0) is 6.42 Å². The molecule has 0 fully saturated rings. The Morgan fingerprint density at radius 1 is 1.80 bits per heavy atom. The van der Waals surface area contributed by atoms with Crippen molar-refractivity contribution >= 4 is 17.6 Å². The highest BCUT2D eigenvalue weighted by atomic mass is 35.5. The number of rotatable bonds is 4. The molecule has 0 aromatic rings. The normalized spacial score (nSPS) is 12.7. The highest BCUT2D eigenvalue weighted by Crippen LogP contribution is 2.00. The molecule has 0 aliphatic carbocycles. The zero-order valence-electron chi connectivity index (χ0n) is 5.84. The SMILES string of the molecule is CC[C@@H](CCl)OC(=O)CO. The summed E-state index contributed by atoms with van der Waals surface area (Å²) >= 11 is 5.41. The number of alkyl halides is 1. The molecule has 0 heterocycles. The lowest BCUT2D eigenvalue weighted by atomic mass is 10.3. The first-order valence-corrected chi connectivity index (χ1v) is 3.64. The summed E-state index contributed by atoms with van der Waals surface area (Å²) in [5, 5.41) is 8.26. The van der Waals surface area contributed by atoms with Crippen LogP contribution in [0, 0.1) is 0 Å². The van der Waals surface area contributed by atoms with E-state index in [1.165, 1.54) is 0 Å². The lowest BCUT2D eigenvalue weighted by molar-refractivity contribution is -0.151. The molecule has 0 aliphatic heterocycles. The molecule has 0 aromatic heterocycles. The van der Waals surface area contributed by atoms with Crippen LogP contribution >= 0.6 is 11.6 Å². The van der Waals surface area contributed by atoms with Gasteiger partial charge in [0.2, 0.25) is 0 Å². The second-order valence-electron chi connectivity index (χ2n) is 1.83. The first kappa shape index (κ1) is 9.72. The summed E-state index contributed by atoms with van der Waals surface area (Å²) in [5.41, 5.74) is 0. The van der Waals surface area contributed by atoms with Crippen molar-refractivity contribution < 1.29 is 14.6 Å². The number of hydrogen-bond donors (Lipinski definition) is 1. The van der Waals surface area contributed by atoms with Gasteiger partial charge < -0.3 is 9.84 Å². The Hall–Kier alpha value is -0.280. The lowest BCUT2D eigenvalue weighted by Crippen LogP contribution is -2.20. The third-order valence-electron chi connectivity index (χ3n) is 1.05. The van der Waals surface area contributed by atoms with Crippen molar-refractivity contribution in [1.29, 1.82) is 0 Å². The van der Waals surface area contributed by atoms with Gasteiger partial charge >= 0.3 is 5.97 Å². The van der Waals surface area contributed by atoms with Crippen molar-refractivity contribution in [1.82, 2.24) is 0 Å². The fraction of sp³-hybridized carbons (Fsp3) is 0.833. The van der Waals surface area contributed by atoms with Gasteiger partial charge in [0.15, 0.2) is 0 Å². The predicted molar refractivity (Wildman–Crippen MR) is 38.0 cm³/mol. The molecule has 0 rings (SSSR count). The quantitative estimate of drug-likeness (QED) is 0.490. The number of aliphatic hydroxyl groups excluding tert-OH is 1. The van der Waals surface area contributed by atoms with Crippen LogP contribution in [0.4, 0.5) is 0 Å². The molecule has 0 unspecified atom stereocenters. The molecular formula is C6H11ClO3. The van der Waals surface area contributed by atoms with Crippen LogP contribution in [0.5, 0.6) is 0 Å². The van der Waals surface area contributed by atoms with Crippen LogP contribution in [-0.4, -0.2) is 29.7 Å². The van der Waals surface area contributed by atoms with Crippen molar-refractivity contribution in [2.75, 3.05) is 12.5 Å². The van der Waals surface area contributed by atoms with Gasteiger partial charge in [-0.3, -0.25) is 0 Å². The van der Waals surface area contributed by atoms with Gasteiger partial charge in [-0.15, -0.1) is 11.6 Å². The smallest absolute Gasteiger partial charge is 0.332 e. The monoisotopic (exact) mass is 166 g/mol. The zero-order valence-corrected chi connectivity index (χ0v) is 6.60. The largest absolute Gasteiger partial charge is 0.459 e. The van der Waals surface area contributed by atoms with E-state index in [4.69, 9.17) is 16.7 Å². The Kier molecular flexibility index (Phi) is 5.35. The number of ether oxygens (including phenoxy) is 1. The second kappa shape index (κ2) is 5.50. The predicted octanol–water partition coefficient (Wildman–Crippen LogP) is 0.539. The fourth-order valence-corrected chi connectivity index (χ4v) is 0.728. The van der Waals surface area contributed by atoms with E-state index >= 15 is 0 Å². The van der Waals surface area contributed by atoms with E-state index in [1.54, 1.807) is 0 Å². The molecule has 0 aromatic carbocycles. The van der Waals surface area contributed by atoms with E-state index in [2.05, 4.69) is 4.74 Å². The van der Waals surface area contributed by atoms with Gasteiger partial charge in [0, 0.05) is 0 Å². The van der Waals surface area contributed by atoms with Crippen molar-refractivity contribution in [3.8, 4) is 0 Å². The minimum atomic E-state index is -0.618. The fourth-order valence-electron chi connectivity index (χ4n) is 0.447. The van der Waals surface area contributed by atoms with Gasteiger partial charge in [0.1, 0.15) is 12.7 Å². The molecule has 1 N–H and O–H groups in total. The van der Waals surface area contributed by atoms with Gasteiger partial charge in [0.25, 0.3) is 0 Å².